The van der Waals surface area contributed by atoms with Crippen molar-refractivity contribution in [2.75, 3.05) is 6.61 Å². The van der Waals surface area contributed by atoms with Crippen LogP contribution < -0.4 is 9.47 Å². The molecule has 1 unspecified atom stereocenters. The van der Waals surface area contributed by atoms with Crippen LogP contribution in [0, 0.1) is 0 Å². The highest BCUT2D eigenvalue weighted by atomic mass is 16.6. The second kappa shape index (κ2) is 5.59. The summed E-state index contributed by atoms with van der Waals surface area (Å²) in [5.41, 5.74) is 0. The van der Waals surface area contributed by atoms with Crippen LogP contribution in [-0.2, 0) is 0 Å². The number of ether oxygens (including phenoxy) is 2. The summed E-state index contributed by atoms with van der Waals surface area (Å²) in [6.45, 7) is 4.39. The van der Waals surface area contributed by atoms with Crippen LogP contribution in [0.1, 0.15) is 25.7 Å². The fourth-order valence-corrected chi connectivity index (χ4v) is 1.87. The van der Waals surface area contributed by atoms with Gasteiger partial charge in [-0.15, -0.1) is 6.58 Å². The lowest BCUT2D eigenvalue weighted by atomic mass is 10.1. The third-order valence-corrected chi connectivity index (χ3v) is 2.75. The molecular formula is C14H18O2. The van der Waals surface area contributed by atoms with E-state index >= 15 is 0 Å². The Hall–Kier alpha value is -1.44. The molecule has 0 radical (unpaired) electrons. The smallest absolute Gasteiger partial charge is 0.161 e. The van der Waals surface area contributed by atoms with Crippen molar-refractivity contribution < 1.29 is 9.47 Å². The largest absolute Gasteiger partial charge is 0.486 e. The molecule has 1 atom stereocenters. The normalized spacial score (nSPS) is 18.1. The van der Waals surface area contributed by atoms with E-state index in [1.807, 2.05) is 30.3 Å². The number of fused-ring (bicyclic) bond motifs is 1. The van der Waals surface area contributed by atoms with Crippen molar-refractivity contribution >= 4 is 0 Å². The molecule has 0 spiro atoms. The predicted octanol–water partition coefficient (Wildman–Crippen LogP) is 3.57. The van der Waals surface area contributed by atoms with E-state index < -0.39 is 0 Å². The molecule has 0 saturated heterocycles. The molecule has 0 fully saturated rings. The lowest BCUT2D eigenvalue weighted by Crippen LogP contribution is -2.28. The fraction of sp³-hybridized carbons (Fsp3) is 0.429. The van der Waals surface area contributed by atoms with Gasteiger partial charge >= 0.3 is 0 Å². The number of para-hydroxylation sites is 2. The van der Waals surface area contributed by atoms with Crippen LogP contribution in [0.15, 0.2) is 36.9 Å². The summed E-state index contributed by atoms with van der Waals surface area (Å²) >= 11 is 0. The highest BCUT2D eigenvalue weighted by molar-refractivity contribution is 5.40. The summed E-state index contributed by atoms with van der Waals surface area (Å²) in [6, 6.07) is 7.85. The summed E-state index contributed by atoms with van der Waals surface area (Å²) in [5.74, 6) is 1.74. The van der Waals surface area contributed by atoms with Crippen LogP contribution in [0.25, 0.3) is 0 Å². The quantitative estimate of drug-likeness (QED) is 0.555. The molecular weight excluding hydrogens is 200 g/mol. The van der Waals surface area contributed by atoms with E-state index in [-0.39, 0.29) is 6.10 Å². The molecule has 86 valence electrons. The van der Waals surface area contributed by atoms with Crippen LogP contribution in [0.5, 0.6) is 11.5 Å². The second-order valence-corrected chi connectivity index (χ2v) is 4.07. The topological polar surface area (TPSA) is 18.5 Å². The average molecular weight is 218 g/mol. The number of unbranched alkanes of at least 4 members (excludes halogenated alkanes) is 2. The lowest BCUT2D eigenvalue weighted by molar-refractivity contribution is 0.0830. The number of allylic oxidation sites excluding steroid dienone is 1. The molecule has 0 saturated carbocycles. The Morgan fingerprint density at radius 1 is 1.25 bits per heavy atom. The maximum absolute atomic E-state index is 5.86. The Labute approximate surface area is 96.9 Å². The number of hydrogen-bond acceptors (Lipinski definition) is 2. The monoisotopic (exact) mass is 218 g/mol. The van der Waals surface area contributed by atoms with E-state index in [9.17, 15) is 0 Å². The van der Waals surface area contributed by atoms with Gasteiger partial charge in [-0.3, -0.25) is 0 Å². The van der Waals surface area contributed by atoms with Gasteiger partial charge in [0, 0.05) is 0 Å². The SMILES string of the molecule is C=CCCCCC1COc2ccccc2O1. The summed E-state index contributed by atoms with van der Waals surface area (Å²) < 4.78 is 11.5. The minimum atomic E-state index is 0.208. The van der Waals surface area contributed by atoms with E-state index in [0.29, 0.717) is 6.61 Å². The van der Waals surface area contributed by atoms with Gasteiger partial charge < -0.3 is 9.47 Å². The van der Waals surface area contributed by atoms with Crippen molar-refractivity contribution in [2.24, 2.45) is 0 Å². The first-order chi connectivity index (χ1) is 7.90. The Morgan fingerprint density at radius 3 is 2.88 bits per heavy atom. The summed E-state index contributed by atoms with van der Waals surface area (Å²) in [6.07, 6.45) is 6.67. The predicted molar refractivity (Wildman–Crippen MR) is 65.0 cm³/mol. The fourth-order valence-electron chi connectivity index (χ4n) is 1.87. The molecule has 0 N–H and O–H groups in total. The third-order valence-electron chi connectivity index (χ3n) is 2.75. The second-order valence-electron chi connectivity index (χ2n) is 4.07. The molecule has 1 aromatic rings. The molecule has 1 aliphatic heterocycles. The third kappa shape index (κ3) is 2.78. The lowest BCUT2D eigenvalue weighted by Gasteiger charge is -2.26. The van der Waals surface area contributed by atoms with Gasteiger partial charge in [-0.05, 0) is 37.8 Å². The van der Waals surface area contributed by atoms with E-state index in [1.54, 1.807) is 0 Å². The van der Waals surface area contributed by atoms with Crippen molar-refractivity contribution in [1.82, 2.24) is 0 Å². The van der Waals surface area contributed by atoms with Crippen molar-refractivity contribution in [3.8, 4) is 11.5 Å². The molecule has 0 amide bonds. The molecule has 0 bridgehead atoms. The Bertz CT molecular complexity index is 346. The van der Waals surface area contributed by atoms with Gasteiger partial charge in [-0.25, -0.2) is 0 Å². The Morgan fingerprint density at radius 2 is 2.06 bits per heavy atom. The van der Waals surface area contributed by atoms with E-state index in [2.05, 4.69) is 6.58 Å². The molecule has 0 aliphatic carbocycles. The molecule has 2 rings (SSSR count). The van der Waals surface area contributed by atoms with Crippen LogP contribution in [0.2, 0.25) is 0 Å². The van der Waals surface area contributed by atoms with Crippen LogP contribution >= 0.6 is 0 Å². The number of hydrogen-bond donors (Lipinski definition) is 0. The van der Waals surface area contributed by atoms with Gasteiger partial charge in [-0.2, -0.15) is 0 Å². The van der Waals surface area contributed by atoms with Gasteiger partial charge in [0.1, 0.15) is 12.7 Å². The van der Waals surface area contributed by atoms with Crippen molar-refractivity contribution in [3.63, 3.8) is 0 Å². The number of rotatable bonds is 5. The Balaban J connectivity index is 1.81. The van der Waals surface area contributed by atoms with Gasteiger partial charge in [0.2, 0.25) is 0 Å². The van der Waals surface area contributed by atoms with Crippen molar-refractivity contribution in [2.45, 2.75) is 31.8 Å². The molecule has 1 aliphatic rings. The van der Waals surface area contributed by atoms with Crippen LogP contribution in [0.4, 0.5) is 0 Å². The highest BCUT2D eigenvalue weighted by Crippen LogP contribution is 2.31. The maximum atomic E-state index is 5.86. The maximum Gasteiger partial charge on any atom is 0.161 e. The first kappa shape index (κ1) is 11.1. The van der Waals surface area contributed by atoms with Gasteiger partial charge in [0.05, 0.1) is 0 Å². The van der Waals surface area contributed by atoms with E-state index in [0.717, 1.165) is 24.3 Å². The highest BCUT2D eigenvalue weighted by Gasteiger charge is 2.19. The van der Waals surface area contributed by atoms with Gasteiger partial charge in [0.15, 0.2) is 11.5 Å². The van der Waals surface area contributed by atoms with Crippen molar-refractivity contribution in [3.05, 3.63) is 36.9 Å². The first-order valence-corrected chi connectivity index (χ1v) is 5.89. The standard InChI is InChI=1S/C14H18O2/c1-2-3-4-5-8-12-11-15-13-9-6-7-10-14(13)16-12/h2,6-7,9-10,12H,1,3-5,8,11H2. The van der Waals surface area contributed by atoms with E-state index in [4.69, 9.17) is 9.47 Å². The molecule has 2 heteroatoms. The van der Waals surface area contributed by atoms with Crippen LogP contribution in [-0.4, -0.2) is 12.7 Å². The molecule has 1 heterocycles. The summed E-state index contributed by atoms with van der Waals surface area (Å²) in [5, 5.41) is 0. The summed E-state index contributed by atoms with van der Waals surface area (Å²) in [7, 11) is 0. The zero-order chi connectivity index (χ0) is 11.2. The molecule has 0 aromatic heterocycles. The van der Waals surface area contributed by atoms with Gasteiger partial charge in [-0.1, -0.05) is 18.2 Å². The van der Waals surface area contributed by atoms with E-state index in [1.165, 1.54) is 12.8 Å². The van der Waals surface area contributed by atoms with Gasteiger partial charge in [0.25, 0.3) is 0 Å². The minimum absolute atomic E-state index is 0.208. The first-order valence-electron chi connectivity index (χ1n) is 5.89. The minimum Gasteiger partial charge on any atom is -0.486 e. The van der Waals surface area contributed by atoms with Crippen molar-refractivity contribution in [1.29, 1.82) is 0 Å². The average Bonchev–Trinajstić information content (AvgIpc) is 2.34. The molecule has 1 aromatic carbocycles. The zero-order valence-electron chi connectivity index (χ0n) is 9.52. The molecule has 2 nitrogen and oxygen atoms in total. The Kier molecular flexibility index (Phi) is 3.86. The van der Waals surface area contributed by atoms with Crippen LogP contribution in [0.3, 0.4) is 0 Å². The zero-order valence-corrected chi connectivity index (χ0v) is 9.52. The number of benzene rings is 1. The summed E-state index contributed by atoms with van der Waals surface area (Å²) in [4.78, 5) is 0. The molecule has 16 heavy (non-hydrogen) atoms.